The molecule has 0 spiro atoms. The summed E-state index contributed by atoms with van der Waals surface area (Å²) in [5.41, 5.74) is 0. The number of furan rings is 1. The Labute approximate surface area is 146 Å². The molecular weight excluding hydrogens is 348 g/mol. The van der Waals surface area contributed by atoms with Crippen molar-refractivity contribution in [3.8, 4) is 0 Å². The molecule has 0 atom stereocenters. The molecule has 0 saturated carbocycles. The zero-order valence-electron chi connectivity index (χ0n) is 14.5. The zero-order chi connectivity index (χ0) is 18.6. The van der Waals surface area contributed by atoms with Gasteiger partial charge < -0.3 is 9.32 Å². The fourth-order valence-corrected chi connectivity index (χ4v) is 2.91. The smallest absolute Gasteiger partial charge is 0.347 e. The van der Waals surface area contributed by atoms with Gasteiger partial charge in [-0.15, -0.1) is 0 Å². The van der Waals surface area contributed by atoms with Gasteiger partial charge in [-0.2, -0.15) is 5.10 Å². The average Bonchev–Trinajstić information content (AvgIpc) is 3.13. The molecule has 0 aliphatic carbocycles. The number of urea groups is 1. The van der Waals surface area contributed by atoms with Gasteiger partial charge >= 0.3 is 6.03 Å². The molecule has 1 saturated heterocycles. The molecular formula is C15H22N4O5S. The summed E-state index contributed by atoms with van der Waals surface area (Å²) in [5.74, 6) is -0.132. The lowest BCUT2D eigenvalue weighted by Crippen LogP contribution is -2.38. The van der Waals surface area contributed by atoms with Crippen molar-refractivity contribution >= 4 is 28.0 Å². The van der Waals surface area contributed by atoms with Gasteiger partial charge in [0.25, 0.3) is 5.91 Å². The second-order valence-corrected chi connectivity index (χ2v) is 7.53. The Morgan fingerprint density at radius 1 is 1.28 bits per heavy atom. The van der Waals surface area contributed by atoms with Crippen LogP contribution < -0.4 is 0 Å². The molecule has 1 aromatic heterocycles. The van der Waals surface area contributed by atoms with Crippen LogP contribution in [0, 0.1) is 0 Å². The Hall–Kier alpha value is -2.20. The molecule has 9 nitrogen and oxygen atoms in total. The molecule has 10 heteroatoms. The Morgan fingerprint density at radius 2 is 1.96 bits per heavy atom. The summed E-state index contributed by atoms with van der Waals surface area (Å²) in [6, 6.07) is 2.24. The van der Waals surface area contributed by atoms with Gasteiger partial charge in [-0.05, 0) is 25.2 Å². The van der Waals surface area contributed by atoms with Crippen LogP contribution in [-0.2, 0) is 14.6 Å². The average molecular weight is 370 g/mol. The zero-order valence-corrected chi connectivity index (χ0v) is 15.3. The maximum atomic E-state index is 12.3. The van der Waals surface area contributed by atoms with E-state index in [0.717, 1.165) is 24.4 Å². The van der Waals surface area contributed by atoms with Gasteiger partial charge in [0.1, 0.15) is 12.3 Å². The topological polar surface area (TPSA) is 104 Å². The normalized spacial score (nSPS) is 16.0. The second-order valence-electron chi connectivity index (χ2n) is 5.59. The molecule has 0 radical (unpaired) electrons. The van der Waals surface area contributed by atoms with Crippen molar-refractivity contribution in [3.05, 3.63) is 17.9 Å². The second kappa shape index (κ2) is 7.79. The van der Waals surface area contributed by atoms with Crippen molar-refractivity contribution in [3.63, 3.8) is 0 Å². The predicted octanol–water partition coefficient (Wildman–Crippen LogP) is 0.623. The van der Waals surface area contributed by atoms with Gasteiger partial charge in [0.2, 0.25) is 14.9 Å². The first kappa shape index (κ1) is 19.1. The molecule has 1 aliphatic rings. The third-order valence-electron chi connectivity index (χ3n) is 3.86. The molecule has 1 fully saturated rings. The number of hydrazone groups is 1. The van der Waals surface area contributed by atoms with Gasteiger partial charge in [0.15, 0.2) is 0 Å². The highest BCUT2D eigenvalue weighted by molar-refractivity contribution is 7.90. The number of sulfone groups is 1. The van der Waals surface area contributed by atoms with Crippen LogP contribution in [0.3, 0.4) is 0 Å². The highest BCUT2D eigenvalue weighted by Crippen LogP contribution is 2.14. The lowest BCUT2D eigenvalue weighted by atomic mass is 10.4. The Morgan fingerprint density at radius 3 is 2.52 bits per heavy atom. The molecule has 138 valence electrons. The standard InChI is InChI=1S/C15H22N4O5S/c1-4-17(5-2)8-9-18-13(20)11-19(15(18)21)16-10-12-6-7-14(24-12)25(3,22)23/h6-7,10H,4-5,8-9,11H2,1-3H3. The first-order chi connectivity index (χ1) is 11.8. The lowest BCUT2D eigenvalue weighted by molar-refractivity contribution is -0.125. The Balaban J connectivity index is 2.00. The van der Waals surface area contributed by atoms with Gasteiger partial charge in [0.05, 0.1) is 6.21 Å². The van der Waals surface area contributed by atoms with Crippen LogP contribution in [0.15, 0.2) is 26.7 Å². The highest BCUT2D eigenvalue weighted by Gasteiger charge is 2.35. The van der Waals surface area contributed by atoms with Gasteiger partial charge in [0, 0.05) is 19.3 Å². The van der Waals surface area contributed by atoms with Crippen molar-refractivity contribution in [1.82, 2.24) is 14.8 Å². The summed E-state index contributed by atoms with van der Waals surface area (Å²) in [6.07, 6.45) is 2.25. The van der Waals surface area contributed by atoms with Crippen LogP contribution in [0.1, 0.15) is 19.6 Å². The molecule has 0 unspecified atom stereocenters. The summed E-state index contributed by atoms with van der Waals surface area (Å²) in [5, 5.41) is 4.79. The predicted molar refractivity (Wildman–Crippen MR) is 91.0 cm³/mol. The summed E-state index contributed by atoms with van der Waals surface area (Å²) in [4.78, 5) is 27.5. The number of hydrogen-bond acceptors (Lipinski definition) is 7. The summed E-state index contributed by atoms with van der Waals surface area (Å²) < 4.78 is 27.9. The fourth-order valence-electron chi connectivity index (χ4n) is 2.35. The third-order valence-corrected chi connectivity index (χ3v) is 4.81. The Bertz CT molecular complexity index is 767. The van der Waals surface area contributed by atoms with Crippen LogP contribution in [0.2, 0.25) is 0 Å². The molecule has 1 aromatic rings. The molecule has 1 aliphatic heterocycles. The molecule has 2 heterocycles. The van der Waals surface area contributed by atoms with Crippen molar-refractivity contribution < 1.29 is 22.4 Å². The lowest BCUT2D eigenvalue weighted by Gasteiger charge is -2.21. The summed E-state index contributed by atoms with van der Waals surface area (Å²) in [7, 11) is -3.44. The summed E-state index contributed by atoms with van der Waals surface area (Å²) >= 11 is 0. The van der Waals surface area contributed by atoms with E-state index >= 15 is 0 Å². The fraction of sp³-hybridized carbons (Fsp3) is 0.533. The monoisotopic (exact) mass is 370 g/mol. The molecule has 0 bridgehead atoms. The number of nitrogens with zero attached hydrogens (tertiary/aromatic N) is 4. The van der Waals surface area contributed by atoms with Crippen LogP contribution in [-0.4, -0.2) is 80.4 Å². The molecule has 0 aromatic carbocycles. The van der Waals surface area contributed by atoms with E-state index in [0.29, 0.717) is 13.1 Å². The first-order valence-corrected chi connectivity index (χ1v) is 9.83. The van der Waals surface area contributed by atoms with E-state index in [1.54, 1.807) is 0 Å². The van der Waals surface area contributed by atoms with E-state index in [9.17, 15) is 18.0 Å². The number of imide groups is 1. The largest absolute Gasteiger partial charge is 0.444 e. The number of rotatable bonds is 8. The quantitative estimate of drug-likeness (QED) is 0.491. The molecule has 3 amide bonds. The number of hydrogen-bond donors (Lipinski definition) is 0. The van der Waals surface area contributed by atoms with Crippen molar-refractivity contribution in [1.29, 1.82) is 0 Å². The van der Waals surface area contributed by atoms with Crippen LogP contribution >= 0.6 is 0 Å². The van der Waals surface area contributed by atoms with Gasteiger partial charge in [-0.25, -0.2) is 18.2 Å². The van der Waals surface area contributed by atoms with E-state index in [1.807, 2.05) is 13.8 Å². The highest BCUT2D eigenvalue weighted by atomic mass is 32.2. The minimum Gasteiger partial charge on any atom is -0.444 e. The number of amides is 3. The van der Waals surface area contributed by atoms with E-state index in [4.69, 9.17) is 4.42 Å². The van der Waals surface area contributed by atoms with Crippen LogP contribution in [0.4, 0.5) is 4.79 Å². The molecule has 2 rings (SSSR count). The number of carbonyl (C=O) groups excluding carboxylic acids is 2. The van der Waals surface area contributed by atoms with Crippen LogP contribution in [0.5, 0.6) is 0 Å². The van der Waals surface area contributed by atoms with Crippen molar-refractivity contribution in [2.75, 3.05) is 39.0 Å². The molecule has 0 N–H and O–H groups in total. The maximum Gasteiger partial charge on any atom is 0.347 e. The van der Waals surface area contributed by atoms with E-state index in [1.165, 1.54) is 23.2 Å². The van der Waals surface area contributed by atoms with Crippen LogP contribution in [0.25, 0.3) is 0 Å². The number of likely N-dealkylation sites (N-methyl/N-ethyl adjacent to an activating group) is 1. The van der Waals surface area contributed by atoms with Gasteiger partial charge in [-0.3, -0.25) is 9.69 Å². The SMILES string of the molecule is CCN(CC)CCN1C(=O)CN(N=Cc2ccc(S(C)(=O)=O)o2)C1=O. The third kappa shape index (κ3) is 4.67. The summed E-state index contributed by atoms with van der Waals surface area (Å²) in [6.45, 7) is 6.49. The minimum atomic E-state index is -3.44. The Kier molecular flexibility index (Phi) is 5.96. The maximum absolute atomic E-state index is 12.3. The first-order valence-electron chi connectivity index (χ1n) is 7.94. The molecule has 25 heavy (non-hydrogen) atoms. The number of carbonyl (C=O) groups is 2. The van der Waals surface area contributed by atoms with Gasteiger partial charge in [-0.1, -0.05) is 13.8 Å². The van der Waals surface area contributed by atoms with E-state index in [-0.39, 0.29) is 23.3 Å². The van der Waals surface area contributed by atoms with E-state index in [2.05, 4.69) is 10.0 Å². The minimum absolute atomic E-state index is 0.146. The van der Waals surface area contributed by atoms with E-state index < -0.39 is 15.9 Å². The van der Waals surface area contributed by atoms with Crippen molar-refractivity contribution in [2.24, 2.45) is 5.10 Å². The van der Waals surface area contributed by atoms with Crippen molar-refractivity contribution in [2.45, 2.75) is 18.9 Å².